The van der Waals surface area contributed by atoms with Crippen molar-refractivity contribution in [1.82, 2.24) is 10.2 Å². The van der Waals surface area contributed by atoms with Crippen LogP contribution in [0.5, 0.6) is 0 Å². The molecule has 5 heteroatoms. The Morgan fingerprint density at radius 3 is 2.61 bits per heavy atom. The van der Waals surface area contributed by atoms with Gasteiger partial charge < -0.3 is 10.6 Å². The minimum absolute atomic E-state index is 0.0998. The van der Waals surface area contributed by atoms with Gasteiger partial charge in [0.1, 0.15) is 0 Å². The van der Waals surface area contributed by atoms with Crippen LogP contribution in [0, 0.1) is 0 Å². The van der Waals surface area contributed by atoms with Gasteiger partial charge in [0, 0.05) is 12.1 Å². The number of likely N-dealkylation sites (N-methyl/N-ethyl adjacent to an activating group) is 1. The summed E-state index contributed by atoms with van der Waals surface area (Å²) >= 11 is 0. The molecule has 0 bridgehead atoms. The van der Waals surface area contributed by atoms with Gasteiger partial charge in [0.25, 0.3) is 5.91 Å². The Labute approximate surface area is 166 Å². The number of nitrogens with zero attached hydrogens (tertiary/aromatic N) is 1. The summed E-state index contributed by atoms with van der Waals surface area (Å²) in [6.45, 7) is 0.289. The Balaban J connectivity index is 1.42. The summed E-state index contributed by atoms with van der Waals surface area (Å²) in [6.07, 6.45) is 5.37. The van der Waals surface area contributed by atoms with E-state index >= 15 is 0 Å². The van der Waals surface area contributed by atoms with E-state index in [0.29, 0.717) is 11.3 Å². The van der Waals surface area contributed by atoms with Crippen molar-refractivity contribution in [2.75, 3.05) is 18.9 Å². The van der Waals surface area contributed by atoms with Crippen molar-refractivity contribution >= 4 is 17.5 Å². The van der Waals surface area contributed by atoms with Crippen LogP contribution in [0.4, 0.5) is 5.69 Å². The third-order valence-corrected chi connectivity index (χ3v) is 5.62. The maximum absolute atomic E-state index is 12.7. The van der Waals surface area contributed by atoms with E-state index in [1.54, 1.807) is 12.1 Å². The molecule has 28 heavy (non-hydrogen) atoms. The molecular weight excluding hydrogens is 350 g/mol. The number of amides is 2. The average molecular weight is 377 g/mol. The molecule has 0 saturated heterocycles. The van der Waals surface area contributed by atoms with Crippen LogP contribution in [0.25, 0.3) is 0 Å². The quantitative estimate of drug-likeness (QED) is 0.810. The molecule has 2 aromatic rings. The zero-order chi connectivity index (χ0) is 19.5. The third-order valence-electron chi connectivity index (χ3n) is 5.62. The standard InChI is InChI=1S/C23H27N3O2/c1-26(21-12-6-8-16-7-2-3-9-18(16)21)15-22(27)25-20-11-5-4-10-19(20)23(28)24-17-13-14-17/h2-5,7,9-11,17,21H,6,8,12-15H2,1H3,(H,24,28)(H,25,27). The summed E-state index contributed by atoms with van der Waals surface area (Å²) in [7, 11) is 2.00. The Kier molecular flexibility index (Phi) is 5.44. The molecule has 2 N–H and O–H groups in total. The summed E-state index contributed by atoms with van der Waals surface area (Å²) in [4.78, 5) is 27.2. The highest BCUT2D eigenvalue weighted by Crippen LogP contribution is 2.33. The molecule has 1 fully saturated rings. The number of benzene rings is 2. The number of hydrogen-bond donors (Lipinski definition) is 2. The van der Waals surface area contributed by atoms with Crippen LogP contribution in [-0.2, 0) is 11.2 Å². The topological polar surface area (TPSA) is 61.4 Å². The lowest BCUT2D eigenvalue weighted by molar-refractivity contribution is -0.117. The molecule has 0 aromatic heterocycles. The molecule has 0 radical (unpaired) electrons. The highest BCUT2D eigenvalue weighted by molar-refractivity contribution is 6.04. The minimum Gasteiger partial charge on any atom is -0.349 e. The number of nitrogens with one attached hydrogen (secondary N) is 2. The molecule has 5 nitrogen and oxygen atoms in total. The first-order valence-corrected chi connectivity index (χ1v) is 10.1. The van der Waals surface area contributed by atoms with Gasteiger partial charge in [-0.3, -0.25) is 14.5 Å². The van der Waals surface area contributed by atoms with E-state index in [1.165, 1.54) is 11.1 Å². The summed E-state index contributed by atoms with van der Waals surface area (Å²) in [5.74, 6) is -0.217. The summed E-state index contributed by atoms with van der Waals surface area (Å²) < 4.78 is 0. The Morgan fingerprint density at radius 2 is 1.79 bits per heavy atom. The van der Waals surface area contributed by atoms with E-state index in [4.69, 9.17) is 0 Å². The Bertz CT molecular complexity index is 876. The van der Waals surface area contributed by atoms with Gasteiger partial charge in [0.2, 0.25) is 5.91 Å². The van der Waals surface area contributed by atoms with Crippen molar-refractivity contribution in [1.29, 1.82) is 0 Å². The minimum atomic E-state index is -0.118. The van der Waals surface area contributed by atoms with Crippen LogP contribution in [0.2, 0.25) is 0 Å². The fourth-order valence-corrected chi connectivity index (χ4v) is 3.99. The second-order valence-electron chi connectivity index (χ2n) is 7.86. The van der Waals surface area contributed by atoms with Gasteiger partial charge in [-0.1, -0.05) is 36.4 Å². The number of rotatable bonds is 6. The van der Waals surface area contributed by atoms with Crippen molar-refractivity contribution in [3.05, 3.63) is 65.2 Å². The van der Waals surface area contributed by atoms with Crippen molar-refractivity contribution in [3.63, 3.8) is 0 Å². The van der Waals surface area contributed by atoms with Gasteiger partial charge in [-0.05, 0) is 62.4 Å². The van der Waals surface area contributed by atoms with Gasteiger partial charge >= 0.3 is 0 Å². The van der Waals surface area contributed by atoms with Gasteiger partial charge in [0.05, 0.1) is 17.8 Å². The van der Waals surface area contributed by atoms with E-state index in [9.17, 15) is 9.59 Å². The fourth-order valence-electron chi connectivity index (χ4n) is 3.99. The van der Waals surface area contributed by atoms with Gasteiger partial charge in [0.15, 0.2) is 0 Å². The predicted octanol–water partition coefficient (Wildman–Crippen LogP) is 3.53. The monoisotopic (exact) mass is 377 g/mol. The number of carbonyl (C=O) groups excluding carboxylic acids is 2. The highest BCUT2D eigenvalue weighted by atomic mass is 16.2. The number of hydrogen-bond acceptors (Lipinski definition) is 3. The van der Waals surface area contributed by atoms with Crippen LogP contribution in [-0.4, -0.2) is 36.3 Å². The number of carbonyl (C=O) groups is 2. The van der Waals surface area contributed by atoms with Crippen LogP contribution in [0.1, 0.15) is 53.2 Å². The maximum Gasteiger partial charge on any atom is 0.253 e. The second kappa shape index (κ2) is 8.15. The molecule has 0 spiro atoms. The lowest BCUT2D eigenvalue weighted by Gasteiger charge is -2.32. The molecule has 2 aromatic carbocycles. The smallest absolute Gasteiger partial charge is 0.253 e. The van der Waals surface area contributed by atoms with Crippen molar-refractivity contribution < 1.29 is 9.59 Å². The molecule has 4 rings (SSSR count). The van der Waals surface area contributed by atoms with Crippen LogP contribution in [0.3, 0.4) is 0 Å². The molecule has 2 amide bonds. The van der Waals surface area contributed by atoms with Gasteiger partial charge in [-0.2, -0.15) is 0 Å². The van der Waals surface area contributed by atoms with Crippen LogP contribution < -0.4 is 10.6 Å². The van der Waals surface area contributed by atoms with Crippen molar-refractivity contribution in [2.45, 2.75) is 44.2 Å². The predicted molar refractivity (Wildman–Crippen MR) is 110 cm³/mol. The molecule has 2 aliphatic rings. The lowest BCUT2D eigenvalue weighted by atomic mass is 9.87. The first-order valence-electron chi connectivity index (χ1n) is 10.1. The maximum atomic E-state index is 12.7. The molecule has 146 valence electrons. The van der Waals surface area contributed by atoms with E-state index in [2.05, 4.69) is 39.8 Å². The fraction of sp³-hybridized carbons (Fsp3) is 0.391. The van der Waals surface area contributed by atoms with Crippen molar-refractivity contribution in [2.24, 2.45) is 0 Å². The lowest BCUT2D eigenvalue weighted by Crippen LogP contribution is -2.35. The van der Waals surface area contributed by atoms with Crippen LogP contribution in [0.15, 0.2) is 48.5 Å². The molecule has 0 aliphatic heterocycles. The highest BCUT2D eigenvalue weighted by Gasteiger charge is 2.26. The van der Waals surface area contributed by atoms with Crippen molar-refractivity contribution in [3.8, 4) is 0 Å². The Hall–Kier alpha value is -2.66. The summed E-state index contributed by atoms with van der Waals surface area (Å²) in [5, 5.41) is 5.92. The number of fused-ring (bicyclic) bond motifs is 1. The molecular formula is C23H27N3O2. The van der Waals surface area contributed by atoms with Gasteiger partial charge in [-0.15, -0.1) is 0 Å². The number of para-hydroxylation sites is 1. The van der Waals surface area contributed by atoms with Crippen LogP contribution >= 0.6 is 0 Å². The van der Waals surface area contributed by atoms with Gasteiger partial charge in [-0.25, -0.2) is 0 Å². The van der Waals surface area contributed by atoms with E-state index in [0.717, 1.165) is 32.1 Å². The summed E-state index contributed by atoms with van der Waals surface area (Å²) in [6, 6.07) is 16.3. The zero-order valence-electron chi connectivity index (χ0n) is 16.3. The number of anilines is 1. The molecule has 1 atom stereocenters. The largest absolute Gasteiger partial charge is 0.349 e. The zero-order valence-corrected chi connectivity index (χ0v) is 16.3. The Morgan fingerprint density at radius 1 is 1.04 bits per heavy atom. The molecule has 1 saturated carbocycles. The molecule has 1 unspecified atom stereocenters. The second-order valence-corrected chi connectivity index (χ2v) is 7.86. The normalized spacial score (nSPS) is 18.4. The van der Waals surface area contributed by atoms with E-state index < -0.39 is 0 Å². The SMILES string of the molecule is CN(CC(=O)Nc1ccccc1C(=O)NC1CC1)C1CCCc2ccccc21. The molecule has 0 heterocycles. The number of aryl methyl sites for hydroxylation is 1. The first-order chi connectivity index (χ1) is 13.6. The molecule has 2 aliphatic carbocycles. The summed E-state index contributed by atoms with van der Waals surface area (Å²) in [5.41, 5.74) is 3.80. The van der Waals surface area contributed by atoms with E-state index in [1.807, 2.05) is 19.2 Å². The third kappa shape index (κ3) is 4.25. The average Bonchev–Trinajstić information content (AvgIpc) is 3.51. The first kappa shape index (κ1) is 18.7. The van der Waals surface area contributed by atoms with E-state index in [-0.39, 0.29) is 30.4 Å².